The highest BCUT2D eigenvalue weighted by Gasteiger charge is 2.06. The maximum atomic E-state index is 13.4. The van der Waals surface area contributed by atoms with Crippen molar-refractivity contribution in [2.45, 2.75) is 12.8 Å². The van der Waals surface area contributed by atoms with Gasteiger partial charge in [0, 0.05) is 11.6 Å². The zero-order valence-corrected chi connectivity index (χ0v) is 13.8. The van der Waals surface area contributed by atoms with Crippen molar-refractivity contribution >= 4 is 22.5 Å². The number of rotatable bonds is 7. The minimum Gasteiger partial charge on any atom is -0.491 e. The van der Waals surface area contributed by atoms with Crippen LogP contribution in [0.1, 0.15) is 12.8 Å². The van der Waals surface area contributed by atoms with Gasteiger partial charge in [-0.25, -0.2) is 4.39 Å². The van der Waals surface area contributed by atoms with Crippen LogP contribution in [0, 0.1) is 5.82 Å². The van der Waals surface area contributed by atoms with Crippen LogP contribution >= 0.6 is 11.6 Å². The molecule has 0 aliphatic carbocycles. The summed E-state index contributed by atoms with van der Waals surface area (Å²) in [5.41, 5.74) is 0.757. The molecule has 0 bridgehead atoms. The molecule has 1 heterocycles. The van der Waals surface area contributed by atoms with E-state index in [-0.39, 0.29) is 11.6 Å². The lowest BCUT2D eigenvalue weighted by molar-refractivity contribution is 0.261. The Bertz CT molecular complexity index is 825. The van der Waals surface area contributed by atoms with Gasteiger partial charge in [-0.1, -0.05) is 23.7 Å². The van der Waals surface area contributed by atoms with Gasteiger partial charge in [0.15, 0.2) is 11.6 Å². The third kappa shape index (κ3) is 3.95. The lowest BCUT2D eigenvalue weighted by atomic mass is 10.2. The number of hydrogen-bond donors (Lipinski definition) is 0. The summed E-state index contributed by atoms with van der Waals surface area (Å²) < 4.78 is 24.6. The first-order valence-electron chi connectivity index (χ1n) is 7.79. The van der Waals surface area contributed by atoms with Crippen LogP contribution in [0.2, 0.25) is 5.02 Å². The standard InChI is InChI=1S/C19H17ClFNO2/c20-15-9-10-18(19-14(15)6-5-11-22-19)24-13-4-3-12-23-17-8-2-1-7-16(17)21/h1-2,5-11H,3-4,12-13H2. The molecule has 0 amide bonds. The van der Waals surface area contributed by atoms with E-state index in [9.17, 15) is 4.39 Å². The number of pyridine rings is 1. The van der Waals surface area contributed by atoms with E-state index in [0.29, 0.717) is 24.0 Å². The molecule has 0 atom stereocenters. The second-order valence-electron chi connectivity index (χ2n) is 5.28. The Morgan fingerprint density at radius 3 is 2.42 bits per heavy atom. The highest BCUT2D eigenvalue weighted by molar-refractivity contribution is 6.35. The number of aromatic nitrogens is 1. The van der Waals surface area contributed by atoms with Crippen LogP contribution in [-0.4, -0.2) is 18.2 Å². The van der Waals surface area contributed by atoms with Crippen molar-refractivity contribution < 1.29 is 13.9 Å². The van der Waals surface area contributed by atoms with Crippen LogP contribution in [0.25, 0.3) is 10.9 Å². The van der Waals surface area contributed by atoms with Crippen molar-refractivity contribution in [1.82, 2.24) is 4.98 Å². The molecule has 0 unspecified atom stereocenters. The predicted octanol–water partition coefficient (Wildman–Crippen LogP) is 5.27. The van der Waals surface area contributed by atoms with E-state index in [1.807, 2.05) is 24.3 Å². The van der Waals surface area contributed by atoms with Crippen molar-refractivity contribution in [3.05, 3.63) is 65.6 Å². The van der Waals surface area contributed by atoms with E-state index >= 15 is 0 Å². The molecule has 2 aromatic carbocycles. The molecule has 0 aliphatic rings. The molecule has 0 saturated heterocycles. The Morgan fingerprint density at radius 1 is 0.875 bits per heavy atom. The number of fused-ring (bicyclic) bond motifs is 1. The molecule has 5 heteroatoms. The van der Waals surface area contributed by atoms with E-state index in [0.717, 1.165) is 23.7 Å². The van der Waals surface area contributed by atoms with Gasteiger partial charge in [0.05, 0.1) is 18.2 Å². The minimum atomic E-state index is -0.340. The molecule has 3 aromatic rings. The Kier molecular flexibility index (Phi) is 5.49. The van der Waals surface area contributed by atoms with Crippen molar-refractivity contribution in [2.24, 2.45) is 0 Å². The topological polar surface area (TPSA) is 31.4 Å². The fourth-order valence-electron chi connectivity index (χ4n) is 2.36. The maximum absolute atomic E-state index is 13.4. The number of para-hydroxylation sites is 1. The summed E-state index contributed by atoms with van der Waals surface area (Å²) in [6.07, 6.45) is 3.28. The summed E-state index contributed by atoms with van der Waals surface area (Å²) in [4.78, 5) is 4.33. The average molecular weight is 346 g/mol. The molecule has 3 rings (SSSR count). The fourth-order valence-corrected chi connectivity index (χ4v) is 2.57. The molecule has 0 spiro atoms. The molecule has 3 nitrogen and oxygen atoms in total. The van der Waals surface area contributed by atoms with E-state index in [1.54, 1.807) is 24.4 Å². The van der Waals surface area contributed by atoms with Crippen LogP contribution in [0.4, 0.5) is 4.39 Å². The second-order valence-corrected chi connectivity index (χ2v) is 5.69. The molecule has 124 valence electrons. The lowest BCUT2D eigenvalue weighted by Crippen LogP contribution is -2.03. The van der Waals surface area contributed by atoms with Gasteiger partial charge in [-0.05, 0) is 49.2 Å². The normalized spacial score (nSPS) is 10.8. The molecule has 0 saturated carbocycles. The number of hydrogen-bond acceptors (Lipinski definition) is 3. The first kappa shape index (κ1) is 16.5. The first-order valence-corrected chi connectivity index (χ1v) is 8.17. The van der Waals surface area contributed by atoms with Gasteiger partial charge in [-0.3, -0.25) is 4.98 Å². The summed E-state index contributed by atoms with van der Waals surface area (Å²) in [5, 5.41) is 1.53. The van der Waals surface area contributed by atoms with Gasteiger partial charge < -0.3 is 9.47 Å². The third-order valence-electron chi connectivity index (χ3n) is 3.57. The van der Waals surface area contributed by atoms with E-state index in [2.05, 4.69) is 4.98 Å². The Balaban J connectivity index is 1.47. The highest BCUT2D eigenvalue weighted by atomic mass is 35.5. The number of halogens is 2. The van der Waals surface area contributed by atoms with Crippen molar-refractivity contribution in [2.75, 3.05) is 13.2 Å². The summed E-state index contributed by atoms with van der Waals surface area (Å²) in [5.74, 6) is 0.656. The second kappa shape index (κ2) is 7.97. The predicted molar refractivity (Wildman–Crippen MR) is 93.4 cm³/mol. The average Bonchev–Trinajstić information content (AvgIpc) is 2.61. The molecule has 0 radical (unpaired) electrons. The van der Waals surface area contributed by atoms with E-state index in [1.165, 1.54) is 6.07 Å². The van der Waals surface area contributed by atoms with Gasteiger partial charge >= 0.3 is 0 Å². The number of benzene rings is 2. The first-order chi connectivity index (χ1) is 11.8. The van der Waals surface area contributed by atoms with Crippen LogP contribution in [0.5, 0.6) is 11.5 Å². The maximum Gasteiger partial charge on any atom is 0.165 e. The van der Waals surface area contributed by atoms with Crippen LogP contribution in [0.15, 0.2) is 54.7 Å². The molecule has 1 aromatic heterocycles. The van der Waals surface area contributed by atoms with Gasteiger partial charge in [0.2, 0.25) is 0 Å². The zero-order chi connectivity index (χ0) is 16.8. The Hall–Kier alpha value is -2.33. The van der Waals surface area contributed by atoms with Gasteiger partial charge in [0.1, 0.15) is 11.3 Å². The molecule has 0 fully saturated rings. The minimum absolute atomic E-state index is 0.284. The summed E-state index contributed by atoms with van der Waals surface area (Å²) in [7, 11) is 0. The SMILES string of the molecule is Fc1ccccc1OCCCCOc1ccc(Cl)c2cccnc12. The zero-order valence-electron chi connectivity index (χ0n) is 13.0. The summed E-state index contributed by atoms with van der Waals surface area (Å²) in [6.45, 7) is 0.984. The van der Waals surface area contributed by atoms with E-state index < -0.39 is 0 Å². The highest BCUT2D eigenvalue weighted by Crippen LogP contribution is 2.29. The monoisotopic (exact) mass is 345 g/mol. The molecule has 0 N–H and O–H groups in total. The third-order valence-corrected chi connectivity index (χ3v) is 3.90. The quantitative estimate of drug-likeness (QED) is 0.547. The number of nitrogens with zero attached hydrogens (tertiary/aromatic N) is 1. The van der Waals surface area contributed by atoms with Crippen LogP contribution < -0.4 is 9.47 Å². The molecular formula is C19H17ClFNO2. The number of unbranched alkanes of at least 4 members (excludes halogenated alkanes) is 1. The van der Waals surface area contributed by atoms with Gasteiger partial charge in [0.25, 0.3) is 0 Å². The van der Waals surface area contributed by atoms with Gasteiger partial charge in [-0.15, -0.1) is 0 Å². The molecule has 0 aliphatic heterocycles. The summed E-state index contributed by atoms with van der Waals surface area (Å²) >= 11 is 6.16. The van der Waals surface area contributed by atoms with Gasteiger partial charge in [-0.2, -0.15) is 0 Å². The Morgan fingerprint density at radius 2 is 1.62 bits per heavy atom. The van der Waals surface area contributed by atoms with E-state index in [4.69, 9.17) is 21.1 Å². The Labute approximate surface area is 145 Å². The van der Waals surface area contributed by atoms with Crippen molar-refractivity contribution in [3.63, 3.8) is 0 Å². The van der Waals surface area contributed by atoms with Crippen molar-refractivity contribution in [3.8, 4) is 11.5 Å². The van der Waals surface area contributed by atoms with Crippen LogP contribution in [-0.2, 0) is 0 Å². The molecule has 24 heavy (non-hydrogen) atoms. The summed E-state index contributed by atoms with van der Waals surface area (Å²) in [6, 6.07) is 13.8. The lowest BCUT2D eigenvalue weighted by Gasteiger charge is -2.10. The number of ether oxygens (including phenoxy) is 2. The smallest absolute Gasteiger partial charge is 0.165 e. The molecular weight excluding hydrogens is 329 g/mol. The van der Waals surface area contributed by atoms with Crippen LogP contribution in [0.3, 0.4) is 0 Å². The largest absolute Gasteiger partial charge is 0.491 e. The van der Waals surface area contributed by atoms with Crippen molar-refractivity contribution in [1.29, 1.82) is 0 Å². The fraction of sp³-hybridized carbons (Fsp3) is 0.211.